The number of sulfonamides is 1. The van der Waals surface area contributed by atoms with Gasteiger partial charge in [-0.3, -0.25) is 14.9 Å². The van der Waals surface area contributed by atoms with Crippen LogP contribution in [0.2, 0.25) is 0 Å². The van der Waals surface area contributed by atoms with Crippen LogP contribution in [0.1, 0.15) is 22.8 Å². The molecule has 0 amide bonds. The normalized spacial score (nSPS) is 11.8. The molecule has 9 heteroatoms. The Labute approximate surface area is 117 Å². The highest BCUT2D eigenvalue weighted by molar-refractivity contribution is 7.92. The molecule has 8 nitrogen and oxygen atoms in total. The first-order chi connectivity index (χ1) is 9.36. The molecule has 0 unspecified atom stereocenters. The summed E-state index contributed by atoms with van der Waals surface area (Å²) >= 11 is 0. The Bertz CT molecular complexity index is 696. The van der Waals surface area contributed by atoms with Gasteiger partial charge in [0.25, 0.3) is 10.0 Å². The Morgan fingerprint density at radius 1 is 1.10 bits per heavy atom. The summed E-state index contributed by atoms with van der Waals surface area (Å²) in [6.07, 6.45) is 0. The molecule has 110 valence electrons. The number of hydrogen-bond acceptors (Lipinski definition) is 5. The molecule has 0 radical (unpaired) electrons. The summed E-state index contributed by atoms with van der Waals surface area (Å²) in [5.41, 5.74) is 2.70. The Kier molecular flexibility index (Phi) is 3.82. The number of nitrogens with one attached hydrogen (secondary N) is 4. The predicted molar refractivity (Wildman–Crippen MR) is 75.0 cm³/mol. The summed E-state index contributed by atoms with van der Waals surface area (Å²) in [4.78, 5) is 0.173. The van der Waals surface area contributed by atoms with Gasteiger partial charge in [-0.15, -0.1) is 0 Å². The summed E-state index contributed by atoms with van der Waals surface area (Å²) in [6, 6.07) is 0. The van der Waals surface area contributed by atoms with E-state index in [0.717, 1.165) is 0 Å². The summed E-state index contributed by atoms with van der Waals surface area (Å²) in [7, 11) is -1.98. The van der Waals surface area contributed by atoms with Crippen LogP contribution in [0.4, 0.5) is 5.69 Å². The van der Waals surface area contributed by atoms with E-state index in [4.69, 9.17) is 0 Å². The Hall–Kier alpha value is -1.87. The second kappa shape index (κ2) is 5.25. The van der Waals surface area contributed by atoms with E-state index in [0.29, 0.717) is 35.0 Å². The molecule has 20 heavy (non-hydrogen) atoms. The maximum absolute atomic E-state index is 12.5. The zero-order chi connectivity index (χ0) is 14.9. The summed E-state index contributed by atoms with van der Waals surface area (Å²) in [5.74, 6) is 0. The maximum Gasteiger partial charge on any atom is 0.265 e. The van der Waals surface area contributed by atoms with Crippen LogP contribution >= 0.6 is 0 Å². The third kappa shape index (κ3) is 2.54. The Morgan fingerprint density at radius 3 is 2.30 bits per heavy atom. The molecule has 0 fully saturated rings. The summed E-state index contributed by atoms with van der Waals surface area (Å²) in [5, 5.41) is 16.3. The van der Waals surface area contributed by atoms with E-state index in [2.05, 4.69) is 30.4 Å². The van der Waals surface area contributed by atoms with Gasteiger partial charge in [0.05, 0.1) is 28.5 Å². The lowest BCUT2D eigenvalue weighted by molar-refractivity contribution is 0.598. The van der Waals surface area contributed by atoms with Gasteiger partial charge in [0, 0.05) is 6.54 Å². The number of aryl methyl sites for hydroxylation is 3. The molecule has 0 saturated heterocycles. The molecule has 2 aromatic heterocycles. The van der Waals surface area contributed by atoms with Gasteiger partial charge in [-0.05, 0) is 27.8 Å². The number of anilines is 1. The van der Waals surface area contributed by atoms with Crippen LogP contribution in [0.25, 0.3) is 0 Å². The van der Waals surface area contributed by atoms with E-state index in [9.17, 15) is 8.42 Å². The topological polar surface area (TPSA) is 116 Å². The molecule has 4 N–H and O–H groups in total. The molecule has 0 atom stereocenters. The zero-order valence-corrected chi connectivity index (χ0v) is 12.6. The van der Waals surface area contributed by atoms with E-state index in [1.165, 1.54) is 0 Å². The monoisotopic (exact) mass is 298 g/mol. The molecular weight excluding hydrogens is 280 g/mol. The minimum absolute atomic E-state index is 0.173. The molecular formula is C11H18N6O2S. The number of aromatic nitrogens is 4. The Balaban J connectivity index is 2.43. The van der Waals surface area contributed by atoms with Gasteiger partial charge in [0.1, 0.15) is 4.90 Å². The number of H-pyrrole nitrogens is 2. The number of aromatic amines is 2. The molecule has 0 aliphatic rings. The first kappa shape index (κ1) is 14.5. The molecule has 0 aliphatic carbocycles. The van der Waals surface area contributed by atoms with E-state index in [1.54, 1.807) is 27.8 Å². The van der Waals surface area contributed by atoms with Crippen LogP contribution in [0.15, 0.2) is 4.90 Å². The van der Waals surface area contributed by atoms with Gasteiger partial charge in [-0.25, -0.2) is 8.42 Å². The summed E-state index contributed by atoms with van der Waals surface area (Å²) in [6.45, 7) is 5.53. The minimum atomic E-state index is -3.71. The van der Waals surface area contributed by atoms with Crippen LogP contribution in [0.3, 0.4) is 0 Å². The number of hydrogen-bond donors (Lipinski definition) is 4. The van der Waals surface area contributed by atoms with Crippen molar-refractivity contribution < 1.29 is 8.42 Å². The predicted octanol–water partition coefficient (Wildman–Crippen LogP) is 0.578. The van der Waals surface area contributed by atoms with Crippen LogP contribution < -0.4 is 10.0 Å². The molecule has 0 aliphatic heterocycles. The highest BCUT2D eigenvalue weighted by Gasteiger charge is 2.25. The molecule has 0 bridgehead atoms. The lowest BCUT2D eigenvalue weighted by atomic mass is 10.3. The zero-order valence-electron chi connectivity index (χ0n) is 11.8. The third-order valence-corrected chi connectivity index (χ3v) is 4.49. The van der Waals surface area contributed by atoms with Crippen molar-refractivity contribution >= 4 is 15.7 Å². The van der Waals surface area contributed by atoms with Crippen molar-refractivity contribution in [3.05, 3.63) is 22.8 Å². The number of nitrogens with zero attached hydrogens (tertiary/aromatic N) is 2. The lowest BCUT2D eigenvalue weighted by Crippen LogP contribution is -2.18. The van der Waals surface area contributed by atoms with Gasteiger partial charge in [0.15, 0.2) is 0 Å². The quantitative estimate of drug-likeness (QED) is 0.644. The van der Waals surface area contributed by atoms with E-state index < -0.39 is 10.0 Å². The minimum Gasteiger partial charge on any atom is -0.314 e. The standard InChI is InChI=1S/C11H18N6O2S/c1-6-10(7(2)14-13-6)17-20(18,19)11-8(3)15-16-9(11)5-12-4/h12,17H,5H2,1-4H3,(H,13,14)(H,15,16). The Morgan fingerprint density at radius 2 is 1.75 bits per heavy atom. The molecule has 0 saturated carbocycles. The molecule has 2 rings (SSSR count). The third-order valence-electron chi connectivity index (χ3n) is 2.94. The second-order valence-corrected chi connectivity index (χ2v) is 6.19. The first-order valence-corrected chi connectivity index (χ1v) is 7.58. The average molecular weight is 298 g/mol. The summed E-state index contributed by atoms with van der Waals surface area (Å²) < 4.78 is 27.6. The van der Waals surface area contributed by atoms with Crippen LogP contribution in [-0.4, -0.2) is 35.9 Å². The molecule has 2 heterocycles. The lowest BCUT2D eigenvalue weighted by Gasteiger charge is -2.09. The smallest absolute Gasteiger partial charge is 0.265 e. The van der Waals surface area contributed by atoms with Crippen molar-refractivity contribution in [2.75, 3.05) is 11.8 Å². The molecule has 0 spiro atoms. The van der Waals surface area contributed by atoms with E-state index in [1.807, 2.05) is 0 Å². The fourth-order valence-corrected chi connectivity index (χ4v) is 3.55. The van der Waals surface area contributed by atoms with Crippen molar-refractivity contribution in [1.82, 2.24) is 25.7 Å². The van der Waals surface area contributed by atoms with Gasteiger partial charge in [0.2, 0.25) is 0 Å². The van der Waals surface area contributed by atoms with Crippen molar-refractivity contribution in [3.8, 4) is 0 Å². The molecule has 0 aromatic carbocycles. The maximum atomic E-state index is 12.5. The fraction of sp³-hybridized carbons (Fsp3) is 0.455. The van der Waals surface area contributed by atoms with Gasteiger partial charge in [-0.1, -0.05) is 0 Å². The molecule has 2 aromatic rings. The SMILES string of the molecule is CNCc1n[nH]c(C)c1S(=O)(=O)Nc1c(C)n[nH]c1C. The second-order valence-electron chi connectivity index (χ2n) is 4.57. The van der Waals surface area contributed by atoms with Gasteiger partial charge in [-0.2, -0.15) is 10.2 Å². The number of rotatable bonds is 5. The van der Waals surface area contributed by atoms with Crippen molar-refractivity contribution in [2.24, 2.45) is 0 Å². The van der Waals surface area contributed by atoms with Crippen LogP contribution in [-0.2, 0) is 16.6 Å². The van der Waals surface area contributed by atoms with Crippen LogP contribution in [0, 0.1) is 20.8 Å². The largest absolute Gasteiger partial charge is 0.314 e. The van der Waals surface area contributed by atoms with Gasteiger partial charge >= 0.3 is 0 Å². The van der Waals surface area contributed by atoms with Crippen molar-refractivity contribution in [2.45, 2.75) is 32.2 Å². The van der Waals surface area contributed by atoms with Gasteiger partial charge < -0.3 is 5.32 Å². The van der Waals surface area contributed by atoms with Crippen LogP contribution in [0.5, 0.6) is 0 Å². The average Bonchev–Trinajstić information content (AvgIpc) is 2.88. The van der Waals surface area contributed by atoms with E-state index in [-0.39, 0.29) is 4.90 Å². The van der Waals surface area contributed by atoms with E-state index >= 15 is 0 Å². The first-order valence-electron chi connectivity index (χ1n) is 6.09. The van der Waals surface area contributed by atoms with Crippen molar-refractivity contribution in [1.29, 1.82) is 0 Å². The highest BCUT2D eigenvalue weighted by atomic mass is 32.2. The highest BCUT2D eigenvalue weighted by Crippen LogP contribution is 2.24. The fourth-order valence-electron chi connectivity index (χ4n) is 2.00. The van der Waals surface area contributed by atoms with Crippen molar-refractivity contribution in [3.63, 3.8) is 0 Å².